The molecule has 3 rings (SSSR count). The number of halogens is 2. The van der Waals surface area contributed by atoms with Crippen molar-refractivity contribution in [2.24, 2.45) is 0 Å². The summed E-state index contributed by atoms with van der Waals surface area (Å²) in [5.41, 5.74) is 8.22. The zero-order valence-corrected chi connectivity index (χ0v) is 15.7. The lowest BCUT2D eigenvalue weighted by Gasteiger charge is -2.28. The zero-order chi connectivity index (χ0) is 16.1. The molecule has 4 nitrogen and oxygen atoms in total. The Bertz CT molecular complexity index is 661. The van der Waals surface area contributed by atoms with Crippen LogP contribution in [0.2, 0.25) is 0 Å². The molecule has 0 radical (unpaired) electrons. The van der Waals surface area contributed by atoms with Crippen molar-refractivity contribution in [3.63, 3.8) is 0 Å². The second-order valence-electron chi connectivity index (χ2n) is 6.01. The first-order valence-electron chi connectivity index (χ1n) is 8.17. The number of carbonyl (C=O) groups is 1. The fourth-order valence-corrected chi connectivity index (χ4v) is 3.16. The summed E-state index contributed by atoms with van der Waals surface area (Å²) in [5, 5.41) is 3.07. The van der Waals surface area contributed by atoms with Gasteiger partial charge in [0.2, 0.25) is 0 Å². The number of benzene rings is 2. The monoisotopic (exact) mass is 381 g/mol. The minimum Gasteiger partial charge on any atom is -0.399 e. The molecule has 1 fully saturated rings. The van der Waals surface area contributed by atoms with Gasteiger partial charge < -0.3 is 11.1 Å². The van der Waals surface area contributed by atoms with Crippen molar-refractivity contribution in [1.29, 1.82) is 0 Å². The standard InChI is InChI=1S/C19H23N3O.2ClH/c20-17-10-6-9-16(13-17)19(23)21-14-18(22-11-4-5-12-22)15-7-2-1-3-8-15;;/h1-3,6-10,13,18H,4-5,11-12,14,20H2,(H,21,23);2*1H. The Morgan fingerprint density at radius 1 is 1.04 bits per heavy atom. The van der Waals surface area contributed by atoms with Crippen molar-refractivity contribution in [3.8, 4) is 0 Å². The van der Waals surface area contributed by atoms with Gasteiger partial charge in [-0.05, 0) is 49.7 Å². The van der Waals surface area contributed by atoms with Crippen LogP contribution in [-0.2, 0) is 0 Å². The lowest BCUT2D eigenvalue weighted by atomic mass is 10.1. The minimum absolute atomic E-state index is 0. The van der Waals surface area contributed by atoms with Crippen molar-refractivity contribution >= 4 is 36.4 Å². The molecular weight excluding hydrogens is 357 g/mol. The quantitative estimate of drug-likeness (QED) is 0.776. The molecule has 25 heavy (non-hydrogen) atoms. The third kappa shape index (κ3) is 5.63. The highest BCUT2D eigenvalue weighted by molar-refractivity contribution is 5.95. The second kappa shape index (κ2) is 10.3. The molecule has 1 saturated heterocycles. The van der Waals surface area contributed by atoms with Crippen LogP contribution in [0.4, 0.5) is 5.69 Å². The van der Waals surface area contributed by atoms with Crippen LogP contribution < -0.4 is 11.1 Å². The summed E-state index contributed by atoms with van der Waals surface area (Å²) in [7, 11) is 0. The predicted octanol–water partition coefficient (Wildman–Crippen LogP) is 3.68. The van der Waals surface area contributed by atoms with Crippen LogP contribution in [0.5, 0.6) is 0 Å². The van der Waals surface area contributed by atoms with E-state index in [1.54, 1.807) is 24.3 Å². The fraction of sp³-hybridized carbons (Fsp3) is 0.316. The van der Waals surface area contributed by atoms with Gasteiger partial charge in [-0.3, -0.25) is 9.69 Å². The van der Waals surface area contributed by atoms with Crippen molar-refractivity contribution in [3.05, 3.63) is 65.7 Å². The summed E-state index contributed by atoms with van der Waals surface area (Å²) in [6.45, 7) is 2.79. The van der Waals surface area contributed by atoms with E-state index in [2.05, 4.69) is 34.5 Å². The number of nitrogens with two attached hydrogens (primary N) is 1. The third-order valence-electron chi connectivity index (χ3n) is 4.37. The van der Waals surface area contributed by atoms with Crippen LogP contribution in [0.3, 0.4) is 0 Å². The molecule has 6 heteroatoms. The summed E-state index contributed by atoms with van der Waals surface area (Å²) >= 11 is 0. The van der Waals surface area contributed by atoms with Gasteiger partial charge >= 0.3 is 0 Å². The van der Waals surface area contributed by atoms with Crippen LogP contribution in [0.15, 0.2) is 54.6 Å². The molecule has 2 aromatic rings. The topological polar surface area (TPSA) is 58.4 Å². The van der Waals surface area contributed by atoms with Gasteiger partial charge in [-0.2, -0.15) is 0 Å². The van der Waals surface area contributed by atoms with Gasteiger partial charge in [0.15, 0.2) is 0 Å². The molecule has 0 aromatic heterocycles. The molecule has 1 aliphatic heterocycles. The van der Waals surface area contributed by atoms with Gasteiger partial charge in [-0.1, -0.05) is 36.4 Å². The maximum absolute atomic E-state index is 12.4. The van der Waals surface area contributed by atoms with E-state index in [0.29, 0.717) is 17.8 Å². The Balaban J connectivity index is 0.00000156. The number of rotatable bonds is 5. The van der Waals surface area contributed by atoms with Crippen LogP contribution in [0.1, 0.15) is 34.8 Å². The SMILES string of the molecule is Cl.Cl.Nc1cccc(C(=O)NCC(c2ccccc2)N2CCCC2)c1. The summed E-state index contributed by atoms with van der Waals surface area (Å²) < 4.78 is 0. The molecule has 1 heterocycles. The molecule has 0 aliphatic carbocycles. The average molecular weight is 382 g/mol. The second-order valence-corrected chi connectivity index (χ2v) is 6.01. The number of likely N-dealkylation sites (tertiary alicyclic amines) is 1. The maximum Gasteiger partial charge on any atom is 0.251 e. The van der Waals surface area contributed by atoms with E-state index in [0.717, 1.165) is 13.1 Å². The zero-order valence-electron chi connectivity index (χ0n) is 14.1. The minimum atomic E-state index is -0.0718. The number of hydrogen-bond acceptors (Lipinski definition) is 3. The van der Waals surface area contributed by atoms with Crippen molar-refractivity contribution in [1.82, 2.24) is 10.2 Å². The molecule has 1 unspecified atom stereocenters. The molecule has 2 aromatic carbocycles. The highest BCUT2D eigenvalue weighted by atomic mass is 35.5. The first kappa shape index (κ1) is 21.3. The highest BCUT2D eigenvalue weighted by Crippen LogP contribution is 2.24. The predicted molar refractivity (Wildman–Crippen MR) is 108 cm³/mol. The Kier molecular flexibility index (Phi) is 8.76. The first-order chi connectivity index (χ1) is 11.2. The van der Waals surface area contributed by atoms with Crippen LogP contribution in [0, 0.1) is 0 Å². The van der Waals surface area contributed by atoms with Crippen molar-refractivity contribution < 1.29 is 4.79 Å². The average Bonchev–Trinajstić information content (AvgIpc) is 3.10. The van der Waals surface area contributed by atoms with E-state index in [-0.39, 0.29) is 36.8 Å². The number of amides is 1. The Labute approximate surface area is 161 Å². The van der Waals surface area contributed by atoms with E-state index in [1.807, 2.05) is 6.07 Å². The Morgan fingerprint density at radius 2 is 1.72 bits per heavy atom. The number of anilines is 1. The number of nitrogens with one attached hydrogen (secondary N) is 1. The van der Waals surface area contributed by atoms with E-state index in [4.69, 9.17) is 5.73 Å². The lowest BCUT2D eigenvalue weighted by Crippen LogP contribution is -2.36. The summed E-state index contributed by atoms with van der Waals surface area (Å²) in [4.78, 5) is 14.8. The van der Waals surface area contributed by atoms with Gasteiger partial charge in [-0.25, -0.2) is 0 Å². The number of nitrogen functional groups attached to an aromatic ring is 1. The number of hydrogen-bond donors (Lipinski definition) is 2. The normalized spacial score (nSPS) is 14.9. The molecule has 3 N–H and O–H groups in total. The van der Waals surface area contributed by atoms with Gasteiger partial charge in [0.25, 0.3) is 5.91 Å². The summed E-state index contributed by atoms with van der Waals surface area (Å²) in [6, 6.07) is 17.7. The van der Waals surface area contributed by atoms with Gasteiger partial charge in [0, 0.05) is 17.8 Å². The van der Waals surface area contributed by atoms with Gasteiger partial charge in [-0.15, -0.1) is 24.8 Å². The van der Waals surface area contributed by atoms with E-state index in [9.17, 15) is 4.79 Å². The summed E-state index contributed by atoms with van der Waals surface area (Å²) in [5.74, 6) is -0.0718. The smallest absolute Gasteiger partial charge is 0.251 e. The van der Waals surface area contributed by atoms with Crippen LogP contribution in [0.25, 0.3) is 0 Å². The maximum atomic E-state index is 12.4. The molecule has 1 aliphatic rings. The number of nitrogens with zero attached hydrogens (tertiary/aromatic N) is 1. The van der Waals surface area contributed by atoms with Gasteiger partial charge in [0.05, 0.1) is 6.04 Å². The molecule has 0 spiro atoms. The highest BCUT2D eigenvalue weighted by Gasteiger charge is 2.23. The Hall–Kier alpha value is -1.75. The first-order valence-corrected chi connectivity index (χ1v) is 8.17. The van der Waals surface area contributed by atoms with Crippen molar-refractivity contribution in [2.45, 2.75) is 18.9 Å². The molecule has 1 atom stereocenters. The van der Waals surface area contributed by atoms with E-state index in [1.165, 1.54) is 18.4 Å². The number of carbonyl (C=O) groups excluding carboxylic acids is 1. The molecule has 136 valence electrons. The van der Waals surface area contributed by atoms with Crippen LogP contribution in [-0.4, -0.2) is 30.4 Å². The van der Waals surface area contributed by atoms with Crippen molar-refractivity contribution in [2.75, 3.05) is 25.4 Å². The van der Waals surface area contributed by atoms with E-state index < -0.39 is 0 Å². The largest absolute Gasteiger partial charge is 0.399 e. The Morgan fingerprint density at radius 3 is 2.36 bits per heavy atom. The van der Waals surface area contributed by atoms with E-state index >= 15 is 0 Å². The van der Waals surface area contributed by atoms with Gasteiger partial charge in [0.1, 0.15) is 0 Å². The molecular formula is C19H25Cl2N3O. The summed E-state index contributed by atoms with van der Waals surface area (Å²) in [6.07, 6.45) is 2.46. The lowest BCUT2D eigenvalue weighted by molar-refractivity contribution is 0.0938. The fourth-order valence-electron chi connectivity index (χ4n) is 3.16. The third-order valence-corrected chi connectivity index (χ3v) is 4.37. The van der Waals surface area contributed by atoms with Crippen LogP contribution >= 0.6 is 24.8 Å². The molecule has 1 amide bonds. The molecule has 0 saturated carbocycles. The molecule has 0 bridgehead atoms.